The second-order valence-corrected chi connectivity index (χ2v) is 5.35. The van der Waals surface area contributed by atoms with E-state index in [9.17, 15) is 9.59 Å². The van der Waals surface area contributed by atoms with Gasteiger partial charge in [0.2, 0.25) is 0 Å². The maximum Gasteiger partial charge on any atom is 0.317 e. The first-order chi connectivity index (χ1) is 10.0. The first-order valence-corrected chi connectivity index (χ1v) is 7.13. The Labute approximate surface area is 123 Å². The molecule has 1 atom stereocenters. The molecular weight excluding hydrogens is 274 g/mol. The van der Waals surface area contributed by atoms with Gasteiger partial charge in [-0.05, 0) is 18.8 Å². The number of amides is 2. The number of hydrogen-bond acceptors (Lipinski definition) is 4. The smallest absolute Gasteiger partial charge is 0.317 e. The maximum absolute atomic E-state index is 12.0. The van der Waals surface area contributed by atoms with Gasteiger partial charge in [-0.25, -0.2) is 9.78 Å². The molecular formula is C13H21N5O3. The van der Waals surface area contributed by atoms with Gasteiger partial charge in [0.25, 0.3) is 0 Å². The number of carbonyl (C=O) groups is 2. The van der Waals surface area contributed by atoms with E-state index in [1.807, 2.05) is 0 Å². The van der Waals surface area contributed by atoms with Crippen LogP contribution in [0.5, 0.6) is 0 Å². The lowest BCUT2D eigenvalue weighted by molar-refractivity contribution is -0.137. The number of nitrogens with zero attached hydrogens (tertiary/aromatic N) is 4. The van der Waals surface area contributed by atoms with Crippen LogP contribution in [-0.2, 0) is 18.3 Å². The van der Waals surface area contributed by atoms with Crippen molar-refractivity contribution in [2.45, 2.75) is 25.7 Å². The van der Waals surface area contributed by atoms with Crippen molar-refractivity contribution in [1.82, 2.24) is 25.0 Å². The summed E-state index contributed by atoms with van der Waals surface area (Å²) in [7, 11) is 1.80. The topological polar surface area (TPSA) is 100 Å². The summed E-state index contributed by atoms with van der Waals surface area (Å²) in [6.45, 7) is 1.83. The number of likely N-dealkylation sites (tertiary alicyclic amines) is 1. The Balaban J connectivity index is 1.66. The summed E-state index contributed by atoms with van der Waals surface area (Å²) in [6, 6.07) is -0.0937. The van der Waals surface area contributed by atoms with Crippen LogP contribution in [0.2, 0.25) is 0 Å². The van der Waals surface area contributed by atoms with Gasteiger partial charge in [-0.15, -0.1) is 0 Å². The number of rotatable bonds is 6. The summed E-state index contributed by atoms with van der Waals surface area (Å²) < 4.78 is 1.63. The summed E-state index contributed by atoms with van der Waals surface area (Å²) in [5.41, 5.74) is 0. The summed E-state index contributed by atoms with van der Waals surface area (Å²) in [5, 5.41) is 15.7. The molecule has 2 heterocycles. The fourth-order valence-electron chi connectivity index (χ4n) is 2.47. The van der Waals surface area contributed by atoms with Gasteiger partial charge in [0.15, 0.2) is 5.82 Å². The van der Waals surface area contributed by atoms with Crippen molar-refractivity contribution in [3.8, 4) is 0 Å². The molecule has 0 aliphatic carbocycles. The van der Waals surface area contributed by atoms with Crippen LogP contribution in [0.4, 0.5) is 4.79 Å². The predicted octanol–water partition coefficient (Wildman–Crippen LogP) is 0.254. The Hall–Kier alpha value is -2.12. The molecule has 1 aromatic rings. The van der Waals surface area contributed by atoms with E-state index in [0.29, 0.717) is 44.2 Å². The molecule has 1 aromatic heterocycles. The van der Waals surface area contributed by atoms with Gasteiger partial charge in [0, 0.05) is 39.5 Å². The maximum atomic E-state index is 12.0. The summed E-state index contributed by atoms with van der Waals surface area (Å²) >= 11 is 0. The van der Waals surface area contributed by atoms with Crippen molar-refractivity contribution in [3.05, 3.63) is 12.2 Å². The van der Waals surface area contributed by atoms with Gasteiger partial charge in [-0.3, -0.25) is 9.48 Å². The minimum atomic E-state index is -0.777. The third kappa shape index (κ3) is 4.73. The molecule has 0 aromatic carbocycles. The summed E-state index contributed by atoms with van der Waals surface area (Å²) in [5.74, 6) is 0.226. The van der Waals surface area contributed by atoms with E-state index in [2.05, 4.69) is 15.4 Å². The lowest BCUT2D eigenvalue weighted by atomic mass is 10.0. The van der Waals surface area contributed by atoms with Crippen LogP contribution in [0, 0.1) is 5.92 Å². The van der Waals surface area contributed by atoms with Crippen molar-refractivity contribution in [2.75, 3.05) is 19.6 Å². The van der Waals surface area contributed by atoms with Crippen LogP contribution >= 0.6 is 0 Å². The van der Waals surface area contributed by atoms with Crippen LogP contribution in [0.3, 0.4) is 0 Å². The highest BCUT2D eigenvalue weighted by Gasteiger charge is 2.26. The molecule has 8 heteroatoms. The zero-order valence-electron chi connectivity index (χ0n) is 12.2. The van der Waals surface area contributed by atoms with E-state index in [4.69, 9.17) is 5.11 Å². The van der Waals surface area contributed by atoms with E-state index in [-0.39, 0.29) is 12.5 Å². The first kappa shape index (κ1) is 15.3. The van der Waals surface area contributed by atoms with E-state index in [1.54, 1.807) is 23.0 Å². The SMILES string of the molecule is Cn1cnc(CCNC(=O)N2CCC(CCC(=O)O)C2)n1. The molecule has 2 N–H and O–H groups in total. The number of aromatic nitrogens is 3. The minimum absolute atomic E-state index is 0.0937. The van der Waals surface area contributed by atoms with Crippen LogP contribution in [0.15, 0.2) is 6.33 Å². The molecule has 1 fully saturated rings. The molecule has 1 unspecified atom stereocenters. The van der Waals surface area contributed by atoms with Crippen molar-refractivity contribution in [2.24, 2.45) is 13.0 Å². The van der Waals surface area contributed by atoms with Gasteiger partial charge in [-0.1, -0.05) is 0 Å². The highest BCUT2D eigenvalue weighted by atomic mass is 16.4. The first-order valence-electron chi connectivity index (χ1n) is 7.13. The molecule has 2 rings (SSSR count). The Morgan fingerprint density at radius 3 is 3.00 bits per heavy atom. The normalized spacial score (nSPS) is 18.0. The number of aliphatic carboxylic acids is 1. The second kappa shape index (κ2) is 7.05. The Kier molecular flexibility index (Phi) is 5.13. The van der Waals surface area contributed by atoms with E-state index in [0.717, 1.165) is 6.42 Å². The fraction of sp³-hybridized carbons (Fsp3) is 0.692. The van der Waals surface area contributed by atoms with Gasteiger partial charge in [-0.2, -0.15) is 5.10 Å². The highest BCUT2D eigenvalue weighted by Crippen LogP contribution is 2.20. The number of hydrogen-bond donors (Lipinski definition) is 2. The number of nitrogens with one attached hydrogen (secondary N) is 1. The average Bonchev–Trinajstić information content (AvgIpc) is 3.05. The van der Waals surface area contributed by atoms with Gasteiger partial charge in [0.05, 0.1) is 0 Å². The molecule has 1 aliphatic heterocycles. The Bertz CT molecular complexity index is 502. The van der Waals surface area contributed by atoms with E-state index >= 15 is 0 Å². The molecule has 2 amide bonds. The zero-order chi connectivity index (χ0) is 15.2. The number of carbonyl (C=O) groups excluding carboxylic acids is 1. The molecule has 21 heavy (non-hydrogen) atoms. The average molecular weight is 295 g/mol. The van der Waals surface area contributed by atoms with Crippen LogP contribution in [-0.4, -0.2) is 56.4 Å². The third-order valence-corrected chi connectivity index (χ3v) is 3.61. The third-order valence-electron chi connectivity index (χ3n) is 3.61. The molecule has 0 saturated carbocycles. The molecule has 1 saturated heterocycles. The summed E-state index contributed by atoms with van der Waals surface area (Å²) in [6.07, 6.45) is 3.92. The fourth-order valence-corrected chi connectivity index (χ4v) is 2.47. The second-order valence-electron chi connectivity index (χ2n) is 5.35. The lowest BCUT2D eigenvalue weighted by Crippen LogP contribution is -2.39. The molecule has 0 spiro atoms. The highest BCUT2D eigenvalue weighted by molar-refractivity contribution is 5.74. The summed E-state index contributed by atoms with van der Waals surface area (Å²) in [4.78, 5) is 28.4. The lowest BCUT2D eigenvalue weighted by Gasteiger charge is -2.17. The molecule has 1 aliphatic rings. The molecule has 0 radical (unpaired) electrons. The molecule has 0 bridgehead atoms. The Morgan fingerprint density at radius 1 is 1.52 bits per heavy atom. The van der Waals surface area contributed by atoms with E-state index in [1.165, 1.54) is 0 Å². The zero-order valence-corrected chi connectivity index (χ0v) is 12.2. The standard InChI is InChI=1S/C13H21N5O3/c1-17-9-15-11(16-17)4-6-14-13(21)18-7-5-10(8-18)2-3-12(19)20/h9-10H,2-8H2,1H3,(H,14,21)(H,19,20). The van der Waals surface area contributed by atoms with E-state index < -0.39 is 5.97 Å². The predicted molar refractivity (Wildman–Crippen MR) is 74.7 cm³/mol. The van der Waals surface area contributed by atoms with Crippen molar-refractivity contribution in [3.63, 3.8) is 0 Å². The quantitative estimate of drug-likeness (QED) is 0.783. The number of carboxylic acids is 1. The van der Waals surface area contributed by atoms with Crippen molar-refractivity contribution < 1.29 is 14.7 Å². The van der Waals surface area contributed by atoms with Crippen molar-refractivity contribution in [1.29, 1.82) is 0 Å². The molecule has 8 nitrogen and oxygen atoms in total. The van der Waals surface area contributed by atoms with Crippen LogP contribution in [0.1, 0.15) is 25.1 Å². The monoisotopic (exact) mass is 295 g/mol. The Morgan fingerprint density at radius 2 is 2.33 bits per heavy atom. The van der Waals surface area contributed by atoms with Gasteiger partial charge >= 0.3 is 12.0 Å². The van der Waals surface area contributed by atoms with Gasteiger partial charge < -0.3 is 15.3 Å². The largest absolute Gasteiger partial charge is 0.481 e. The van der Waals surface area contributed by atoms with Crippen LogP contribution in [0.25, 0.3) is 0 Å². The number of urea groups is 1. The number of aryl methyl sites for hydroxylation is 1. The molecule has 116 valence electrons. The van der Waals surface area contributed by atoms with Gasteiger partial charge in [0.1, 0.15) is 6.33 Å². The number of carboxylic acid groups (broad SMARTS) is 1. The minimum Gasteiger partial charge on any atom is -0.481 e. The van der Waals surface area contributed by atoms with Crippen molar-refractivity contribution >= 4 is 12.0 Å². The van der Waals surface area contributed by atoms with Crippen LogP contribution < -0.4 is 5.32 Å².